The summed E-state index contributed by atoms with van der Waals surface area (Å²) in [5.74, 6) is 0. The molecule has 0 bridgehead atoms. The molecule has 0 N–H and O–H groups in total. The van der Waals surface area contributed by atoms with Gasteiger partial charge in [0, 0.05) is 0 Å². The van der Waals surface area contributed by atoms with Crippen LogP contribution in [0.3, 0.4) is 0 Å². The molecule has 168 valence electrons. The van der Waals surface area contributed by atoms with E-state index in [-0.39, 0.29) is 51.0 Å². The molecule has 3 heteroatoms. The van der Waals surface area contributed by atoms with Crippen LogP contribution in [-0.2, 0) is 39.0 Å². The van der Waals surface area contributed by atoms with E-state index in [0.717, 1.165) is 25.7 Å². The molecule has 0 saturated carbocycles. The van der Waals surface area contributed by atoms with Crippen LogP contribution in [0.25, 0.3) is 12.2 Å². The van der Waals surface area contributed by atoms with Crippen LogP contribution in [0.15, 0.2) is 121 Å². The van der Waals surface area contributed by atoms with Gasteiger partial charge in [-0.3, -0.25) is 0 Å². The average molecular weight is 553 g/mol. The van der Waals surface area contributed by atoms with Crippen molar-refractivity contribution in [3.63, 3.8) is 0 Å². The molecule has 4 rings (SSSR count). The van der Waals surface area contributed by atoms with E-state index in [0.29, 0.717) is 0 Å². The molecular weight excluding hydrogens is 522 g/mol. The third kappa shape index (κ3) is 13.4. The van der Waals surface area contributed by atoms with E-state index in [1.807, 2.05) is 0 Å². The van der Waals surface area contributed by atoms with Crippen LogP contribution in [0, 0.1) is 0 Å². The molecule has 0 aliphatic rings. The molecule has 4 aromatic carbocycles. The maximum absolute atomic E-state index is 2.24. The van der Waals surface area contributed by atoms with Crippen LogP contribution >= 0.6 is 0 Å². The second-order valence-electron chi connectivity index (χ2n) is 7.29. The van der Waals surface area contributed by atoms with Crippen molar-refractivity contribution in [2.24, 2.45) is 0 Å². The van der Waals surface area contributed by atoms with Gasteiger partial charge in [0.2, 0.25) is 0 Å². The Hall–Kier alpha value is -1.92. The summed E-state index contributed by atoms with van der Waals surface area (Å²) in [6, 6.07) is 38.0. The Morgan fingerprint density at radius 1 is 0.545 bits per heavy atom. The zero-order chi connectivity index (χ0) is 20.7. The molecule has 0 unspecified atom stereocenters. The molecule has 0 nitrogen and oxygen atoms in total. The van der Waals surface area contributed by atoms with Crippen molar-refractivity contribution in [1.29, 1.82) is 0 Å². The first-order valence-corrected chi connectivity index (χ1v) is 10.7. The van der Waals surface area contributed by atoms with E-state index in [9.17, 15) is 0 Å². The Morgan fingerprint density at radius 3 is 1.27 bits per heavy atom. The predicted molar refractivity (Wildman–Crippen MR) is 132 cm³/mol. The van der Waals surface area contributed by atoms with Crippen LogP contribution in [0.2, 0.25) is 0 Å². The topological polar surface area (TPSA) is 0 Å². The third-order valence-electron chi connectivity index (χ3n) is 4.88. The van der Waals surface area contributed by atoms with Crippen molar-refractivity contribution >= 4 is 12.2 Å². The SMILES string of the molecule is C(=Cc1cc[cH-]c1)CCc1ccccc1.C(=Cc1cc[cH-]c1)CCc1ccccc1.[Cl-].[Cl-].[Zr+4]. The number of allylic oxidation sites excluding steroid dienone is 2. The number of halogens is 2. The molecule has 0 radical (unpaired) electrons. The molecule has 0 spiro atoms. The van der Waals surface area contributed by atoms with Crippen LogP contribution in [0.4, 0.5) is 0 Å². The molecule has 33 heavy (non-hydrogen) atoms. The van der Waals surface area contributed by atoms with Crippen molar-refractivity contribution in [2.45, 2.75) is 25.7 Å². The Labute approximate surface area is 231 Å². The van der Waals surface area contributed by atoms with E-state index in [1.165, 1.54) is 22.3 Å². The Balaban J connectivity index is 0.000000569. The summed E-state index contributed by atoms with van der Waals surface area (Å²) in [7, 11) is 0. The van der Waals surface area contributed by atoms with Crippen molar-refractivity contribution in [2.75, 3.05) is 0 Å². The summed E-state index contributed by atoms with van der Waals surface area (Å²) in [5, 5.41) is 0. The zero-order valence-corrected chi connectivity index (χ0v) is 22.8. The van der Waals surface area contributed by atoms with Gasteiger partial charge < -0.3 is 24.8 Å². The Morgan fingerprint density at radius 2 is 0.939 bits per heavy atom. The molecule has 0 aliphatic heterocycles. The van der Waals surface area contributed by atoms with E-state index >= 15 is 0 Å². The van der Waals surface area contributed by atoms with Gasteiger partial charge in [0.15, 0.2) is 0 Å². The monoisotopic (exact) mass is 550 g/mol. The fourth-order valence-electron chi connectivity index (χ4n) is 3.23. The smallest absolute Gasteiger partial charge is 1.00 e. The number of rotatable bonds is 8. The summed E-state index contributed by atoms with van der Waals surface area (Å²) in [6.07, 6.45) is 13.3. The van der Waals surface area contributed by atoms with E-state index in [4.69, 9.17) is 0 Å². The van der Waals surface area contributed by atoms with Gasteiger partial charge in [-0.2, -0.15) is 47.5 Å². The van der Waals surface area contributed by atoms with Crippen LogP contribution in [0.1, 0.15) is 35.1 Å². The molecule has 0 fully saturated rings. The van der Waals surface area contributed by atoms with Gasteiger partial charge in [-0.05, 0) is 36.8 Å². The first kappa shape index (κ1) is 31.1. The minimum Gasteiger partial charge on any atom is -1.00 e. The second-order valence-corrected chi connectivity index (χ2v) is 7.29. The summed E-state index contributed by atoms with van der Waals surface area (Å²) >= 11 is 0. The maximum atomic E-state index is 2.24. The van der Waals surface area contributed by atoms with Crippen molar-refractivity contribution in [1.82, 2.24) is 0 Å². The van der Waals surface area contributed by atoms with Crippen molar-refractivity contribution in [3.05, 3.63) is 144 Å². The summed E-state index contributed by atoms with van der Waals surface area (Å²) in [5.41, 5.74) is 5.40. The summed E-state index contributed by atoms with van der Waals surface area (Å²) < 4.78 is 0. The van der Waals surface area contributed by atoms with E-state index in [2.05, 4.69) is 133 Å². The van der Waals surface area contributed by atoms with Gasteiger partial charge in [0.25, 0.3) is 0 Å². The van der Waals surface area contributed by atoms with Gasteiger partial charge in [0.1, 0.15) is 0 Å². The Kier molecular flexibility index (Phi) is 18.4. The molecule has 0 aromatic heterocycles. The maximum Gasteiger partial charge on any atom is 4.00 e. The zero-order valence-electron chi connectivity index (χ0n) is 18.8. The second kappa shape index (κ2) is 19.5. The fourth-order valence-corrected chi connectivity index (χ4v) is 3.23. The normalized spacial score (nSPS) is 9.94. The van der Waals surface area contributed by atoms with Gasteiger partial charge in [-0.1, -0.05) is 72.8 Å². The fraction of sp³-hybridized carbons (Fsp3) is 0.133. The summed E-state index contributed by atoms with van der Waals surface area (Å²) in [4.78, 5) is 0. The van der Waals surface area contributed by atoms with Gasteiger partial charge in [-0.15, -0.1) is 12.2 Å². The molecule has 0 saturated heterocycles. The minimum atomic E-state index is 0. The molecule has 0 amide bonds. The number of hydrogen-bond acceptors (Lipinski definition) is 0. The van der Waals surface area contributed by atoms with Crippen LogP contribution < -0.4 is 24.8 Å². The van der Waals surface area contributed by atoms with Crippen LogP contribution in [0.5, 0.6) is 0 Å². The number of benzene rings is 2. The predicted octanol–water partition coefficient (Wildman–Crippen LogP) is 2.11. The van der Waals surface area contributed by atoms with Gasteiger partial charge in [-0.25, -0.2) is 12.1 Å². The molecule has 0 heterocycles. The molecular formula is C30H30Cl2Zr. The van der Waals surface area contributed by atoms with Crippen molar-refractivity contribution < 1.29 is 51.0 Å². The van der Waals surface area contributed by atoms with E-state index < -0.39 is 0 Å². The first-order valence-electron chi connectivity index (χ1n) is 10.7. The van der Waals surface area contributed by atoms with Gasteiger partial charge >= 0.3 is 26.2 Å². The van der Waals surface area contributed by atoms with Crippen LogP contribution in [-0.4, -0.2) is 0 Å². The van der Waals surface area contributed by atoms with E-state index in [1.54, 1.807) is 0 Å². The van der Waals surface area contributed by atoms with Gasteiger partial charge in [0.05, 0.1) is 0 Å². The average Bonchev–Trinajstić information content (AvgIpc) is 3.51. The number of hydrogen-bond donors (Lipinski definition) is 0. The quantitative estimate of drug-likeness (QED) is 0.294. The standard InChI is InChI=1S/2C15H15.2ClH.Zr/c2*1-2-8-14(9-3-1)10-4-5-11-15-12-6-7-13-15;;;/h2*1-3,5-9,11-13H,4,10H2;2*1H;/q2*-1;;;+4/p-2. The largest absolute Gasteiger partial charge is 4.00 e. The van der Waals surface area contributed by atoms with Crippen molar-refractivity contribution in [3.8, 4) is 0 Å². The minimum absolute atomic E-state index is 0. The molecule has 0 atom stereocenters. The first-order chi connectivity index (χ1) is 14.9. The molecule has 0 aliphatic carbocycles. The summed E-state index contributed by atoms with van der Waals surface area (Å²) in [6.45, 7) is 0. The number of aryl methyl sites for hydroxylation is 2. The molecule has 4 aromatic rings. The Bertz CT molecular complexity index is 887. The third-order valence-corrected chi connectivity index (χ3v) is 4.88.